The quantitative estimate of drug-likeness (QED) is 0.552. The highest BCUT2D eigenvalue weighted by Gasteiger charge is 2.23. The Morgan fingerprint density at radius 1 is 1.27 bits per heavy atom. The summed E-state index contributed by atoms with van der Waals surface area (Å²) in [5.41, 5.74) is 0. The fourth-order valence-corrected chi connectivity index (χ4v) is 2.52. The van der Waals surface area contributed by atoms with Gasteiger partial charge in [0.05, 0.1) is 12.2 Å². The molecule has 1 aliphatic carbocycles. The number of ether oxygens (including phenoxy) is 1. The third-order valence-corrected chi connectivity index (χ3v) is 3.49. The largest absolute Gasteiger partial charge is 0.374 e. The van der Waals surface area contributed by atoms with Gasteiger partial charge >= 0.3 is 0 Å². The fraction of sp³-hybridized carbons (Fsp3) is 1.00. The zero-order chi connectivity index (χ0) is 8.27. The van der Waals surface area contributed by atoms with Crippen LogP contribution >= 0.6 is 22.6 Å². The zero-order valence-electron chi connectivity index (χ0n) is 7.35. The summed E-state index contributed by atoms with van der Waals surface area (Å²) in [5, 5.41) is 0. The van der Waals surface area contributed by atoms with Gasteiger partial charge in [0, 0.05) is 3.92 Å². The first-order chi connectivity index (χ1) is 5.20. The van der Waals surface area contributed by atoms with Crippen molar-refractivity contribution in [3.05, 3.63) is 0 Å². The fourth-order valence-electron chi connectivity index (χ4n) is 1.55. The molecular weight excluding hydrogens is 251 g/mol. The molecule has 11 heavy (non-hydrogen) atoms. The first-order valence-electron chi connectivity index (χ1n) is 4.49. The molecule has 0 aromatic rings. The van der Waals surface area contributed by atoms with E-state index in [4.69, 9.17) is 4.74 Å². The monoisotopic (exact) mass is 268 g/mol. The molecule has 1 aliphatic rings. The lowest BCUT2D eigenvalue weighted by molar-refractivity contribution is -0.00498. The van der Waals surface area contributed by atoms with Crippen LogP contribution in [0.15, 0.2) is 0 Å². The molecule has 0 N–H and O–H groups in total. The number of rotatable bonds is 2. The van der Waals surface area contributed by atoms with Crippen LogP contribution in [0, 0.1) is 0 Å². The Balaban J connectivity index is 2.29. The van der Waals surface area contributed by atoms with Gasteiger partial charge in [-0.1, -0.05) is 35.4 Å². The van der Waals surface area contributed by atoms with Gasteiger partial charge in [0.25, 0.3) is 0 Å². The zero-order valence-corrected chi connectivity index (χ0v) is 9.50. The maximum Gasteiger partial charge on any atom is 0.0696 e. The second kappa shape index (κ2) is 4.65. The number of hydrogen-bond donors (Lipinski definition) is 0. The van der Waals surface area contributed by atoms with Crippen molar-refractivity contribution in [3.63, 3.8) is 0 Å². The summed E-state index contributed by atoms with van der Waals surface area (Å²) < 4.78 is 6.55. The first kappa shape index (κ1) is 9.78. The minimum Gasteiger partial charge on any atom is -0.374 e. The van der Waals surface area contributed by atoms with E-state index in [-0.39, 0.29) is 0 Å². The van der Waals surface area contributed by atoms with Gasteiger partial charge in [-0.05, 0) is 26.7 Å². The lowest BCUT2D eigenvalue weighted by atomic mass is 9.97. The van der Waals surface area contributed by atoms with Crippen molar-refractivity contribution >= 4 is 22.6 Å². The predicted octanol–water partition coefficient (Wildman–Crippen LogP) is 3.16. The van der Waals surface area contributed by atoms with Crippen LogP contribution in [-0.2, 0) is 4.74 Å². The standard InChI is InChI=1S/C9H17IO/c1-7(2)11-9-6-4-3-5-8(9)10/h7-9H,3-6H2,1-2H3/t8-,9-/m1/s1. The summed E-state index contributed by atoms with van der Waals surface area (Å²) in [6.07, 6.45) is 6.30. The van der Waals surface area contributed by atoms with E-state index in [1.807, 2.05) is 0 Å². The van der Waals surface area contributed by atoms with Gasteiger partial charge in [0.1, 0.15) is 0 Å². The van der Waals surface area contributed by atoms with Crippen molar-refractivity contribution in [1.82, 2.24) is 0 Å². The van der Waals surface area contributed by atoms with Gasteiger partial charge in [-0.25, -0.2) is 0 Å². The van der Waals surface area contributed by atoms with E-state index in [1.54, 1.807) is 0 Å². The van der Waals surface area contributed by atoms with E-state index in [2.05, 4.69) is 36.4 Å². The highest BCUT2D eigenvalue weighted by Crippen LogP contribution is 2.27. The van der Waals surface area contributed by atoms with Crippen molar-refractivity contribution in [2.75, 3.05) is 0 Å². The second-order valence-electron chi connectivity index (χ2n) is 3.52. The molecule has 66 valence electrons. The van der Waals surface area contributed by atoms with E-state index < -0.39 is 0 Å². The summed E-state index contributed by atoms with van der Waals surface area (Å²) in [5.74, 6) is 0. The van der Waals surface area contributed by atoms with Gasteiger partial charge in [-0.3, -0.25) is 0 Å². The van der Waals surface area contributed by atoms with Gasteiger partial charge in [-0.15, -0.1) is 0 Å². The van der Waals surface area contributed by atoms with Gasteiger partial charge in [0.15, 0.2) is 0 Å². The molecule has 0 bridgehead atoms. The molecule has 1 rings (SSSR count). The SMILES string of the molecule is CC(C)O[C@@H]1CCCC[C@H]1I. The summed E-state index contributed by atoms with van der Waals surface area (Å²) in [7, 11) is 0. The van der Waals surface area contributed by atoms with E-state index in [9.17, 15) is 0 Å². The highest BCUT2D eigenvalue weighted by molar-refractivity contribution is 14.1. The molecule has 0 heterocycles. The maximum absolute atomic E-state index is 5.80. The smallest absolute Gasteiger partial charge is 0.0696 e. The molecule has 0 amide bonds. The van der Waals surface area contributed by atoms with E-state index in [1.165, 1.54) is 25.7 Å². The average molecular weight is 268 g/mol. The summed E-state index contributed by atoms with van der Waals surface area (Å²) in [4.78, 5) is 0. The van der Waals surface area contributed by atoms with Crippen LogP contribution in [0.3, 0.4) is 0 Å². The van der Waals surface area contributed by atoms with Crippen molar-refractivity contribution < 1.29 is 4.74 Å². The van der Waals surface area contributed by atoms with Gasteiger partial charge in [0.2, 0.25) is 0 Å². The number of halogens is 1. The Bertz CT molecular complexity index is 114. The topological polar surface area (TPSA) is 9.23 Å². The van der Waals surface area contributed by atoms with Crippen molar-refractivity contribution in [2.24, 2.45) is 0 Å². The first-order valence-corrected chi connectivity index (χ1v) is 5.74. The molecule has 1 nitrogen and oxygen atoms in total. The summed E-state index contributed by atoms with van der Waals surface area (Å²) >= 11 is 2.53. The number of hydrogen-bond acceptors (Lipinski definition) is 1. The Hall–Kier alpha value is 0.690. The molecule has 0 aromatic carbocycles. The normalized spacial score (nSPS) is 32.7. The van der Waals surface area contributed by atoms with E-state index in [0.29, 0.717) is 12.2 Å². The molecule has 1 saturated carbocycles. The van der Waals surface area contributed by atoms with Crippen LogP contribution < -0.4 is 0 Å². The van der Waals surface area contributed by atoms with Crippen molar-refractivity contribution in [2.45, 2.75) is 55.7 Å². The lowest BCUT2D eigenvalue weighted by Crippen LogP contribution is -2.30. The van der Waals surface area contributed by atoms with Crippen LogP contribution in [0.1, 0.15) is 39.5 Å². The summed E-state index contributed by atoms with van der Waals surface area (Å²) in [6.45, 7) is 4.25. The molecule has 0 saturated heterocycles. The van der Waals surface area contributed by atoms with Gasteiger partial charge in [-0.2, -0.15) is 0 Å². The number of alkyl halides is 1. The second-order valence-corrected chi connectivity index (χ2v) is 5.12. The molecule has 0 spiro atoms. The molecule has 2 atom stereocenters. The van der Waals surface area contributed by atoms with Crippen LogP contribution in [0.2, 0.25) is 0 Å². The van der Waals surface area contributed by atoms with E-state index >= 15 is 0 Å². The molecule has 0 unspecified atom stereocenters. The molecule has 2 heteroatoms. The molecular formula is C9H17IO. The minimum atomic E-state index is 0.398. The molecule has 0 aliphatic heterocycles. The molecule has 0 radical (unpaired) electrons. The van der Waals surface area contributed by atoms with Crippen LogP contribution in [-0.4, -0.2) is 16.1 Å². The van der Waals surface area contributed by atoms with Crippen LogP contribution in [0.4, 0.5) is 0 Å². The van der Waals surface area contributed by atoms with Crippen LogP contribution in [0.25, 0.3) is 0 Å². The predicted molar refractivity (Wildman–Crippen MR) is 56.3 cm³/mol. The van der Waals surface area contributed by atoms with Gasteiger partial charge < -0.3 is 4.74 Å². The van der Waals surface area contributed by atoms with Crippen LogP contribution in [0.5, 0.6) is 0 Å². The Labute approximate surface area is 83.0 Å². The lowest BCUT2D eigenvalue weighted by Gasteiger charge is -2.29. The van der Waals surface area contributed by atoms with Crippen molar-refractivity contribution in [1.29, 1.82) is 0 Å². The third-order valence-electron chi connectivity index (χ3n) is 2.07. The Morgan fingerprint density at radius 3 is 2.45 bits per heavy atom. The third kappa shape index (κ3) is 3.28. The average Bonchev–Trinajstić information content (AvgIpc) is 1.93. The summed E-state index contributed by atoms with van der Waals surface area (Å²) in [6, 6.07) is 0. The minimum absolute atomic E-state index is 0.398. The Kier molecular flexibility index (Phi) is 4.13. The Morgan fingerprint density at radius 2 is 1.91 bits per heavy atom. The van der Waals surface area contributed by atoms with Crippen molar-refractivity contribution in [3.8, 4) is 0 Å². The molecule has 1 fully saturated rings. The highest BCUT2D eigenvalue weighted by atomic mass is 127. The maximum atomic E-state index is 5.80. The van der Waals surface area contributed by atoms with E-state index in [0.717, 1.165) is 3.92 Å². The molecule has 0 aromatic heterocycles.